The Balaban J connectivity index is 0.000000150. The van der Waals surface area contributed by atoms with E-state index in [1.54, 1.807) is 12.2 Å². The van der Waals surface area contributed by atoms with Crippen molar-refractivity contribution in [3.8, 4) is 56.8 Å². The first-order valence-electron chi connectivity index (χ1n) is 18.3. The number of allylic oxidation sites excluding steroid dienone is 2. The Morgan fingerprint density at radius 2 is 0.897 bits per heavy atom. The van der Waals surface area contributed by atoms with Crippen molar-refractivity contribution in [3.63, 3.8) is 0 Å². The first kappa shape index (κ1) is 35.7. The fourth-order valence-electron chi connectivity index (χ4n) is 7.73. The lowest BCUT2D eigenvalue weighted by Gasteiger charge is -2.06. The number of ether oxygens (including phenoxy) is 2. The van der Waals surface area contributed by atoms with Crippen molar-refractivity contribution in [2.45, 2.75) is 0 Å². The molecule has 58 heavy (non-hydrogen) atoms. The minimum absolute atomic E-state index is 0.0672. The molecule has 0 bridgehead atoms. The maximum atomic E-state index is 12.8. The summed E-state index contributed by atoms with van der Waals surface area (Å²) in [5.41, 5.74) is 8.13. The number of aryl methyl sites for hydroxylation is 2. The van der Waals surface area contributed by atoms with E-state index in [9.17, 15) is 30.0 Å². The third kappa shape index (κ3) is 6.09. The Morgan fingerprint density at radius 3 is 1.29 bits per heavy atom. The summed E-state index contributed by atoms with van der Waals surface area (Å²) in [6.07, 6.45) is 7.27. The summed E-state index contributed by atoms with van der Waals surface area (Å²) in [7, 11) is 3.91. The molecule has 0 amide bonds. The van der Waals surface area contributed by atoms with Crippen LogP contribution in [0.4, 0.5) is 0 Å². The van der Waals surface area contributed by atoms with Gasteiger partial charge in [0.1, 0.15) is 45.6 Å². The molecule has 0 saturated carbocycles. The molecule has 2 aliphatic heterocycles. The topological polar surface area (TPSA) is 143 Å². The number of hydrogen-bond acceptors (Lipinski definition) is 8. The van der Waals surface area contributed by atoms with Gasteiger partial charge in [0, 0.05) is 83.7 Å². The van der Waals surface area contributed by atoms with Crippen LogP contribution in [0.25, 0.3) is 56.2 Å². The van der Waals surface area contributed by atoms with E-state index in [0.717, 1.165) is 67.3 Å². The van der Waals surface area contributed by atoms with E-state index in [4.69, 9.17) is 9.47 Å². The molecule has 10 nitrogen and oxygen atoms in total. The van der Waals surface area contributed by atoms with Gasteiger partial charge in [0.15, 0.2) is 11.5 Å². The SMILES string of the molecule is Cn1cc(/C=C2/Oc3cc(O)cc(O)c3C2=O)c2c(-c3ccccc3)cccc21.Cn1cc(/C=C2\Oc3cc(O)cc(O)c3C2=O)c2c(-c3ccccc3)cccc21. The predicted molar refractivity (Wildman–Crippen MR) is 222 cm³/mol. The average Bonchev–Trinajstić information content (AvgIpc) is 3.92. The van der Waals surface area contributed by atoms with Gasteiger partial charge in [-0.05, 0) is 46.5 Å². The number of carbonyl (C=O) groups is 2. The van der Waals surface area contributed by atoms with E-state index in [2.05, 4.69) is 12.1 Å². The first-order valence-corrected chi connectivity index (χ1v) is 18.3. The molecule has 0 fully saturated rings. The second-order valence-corrected chi connectivity index (χ2v) is 14.1. The molecule has 8 aromatic rings. The van der Waals surface area contributed by atoms with E-state index in [0.29, 0.717) is 0 Å². The van der Waals surface area contributed by atoms with Crippen molar-refractivity contribution in [1.82, 2.24) is 9.13 Å². The molecule has 0 aliphatic carbocycles. The van der Waals surface area contributed by atoms with Gasteiger partial charge in [-0.15, -0.1) is 0 Å². The number of nitrogens with zero attached hydrogens (tertiary/aromatic N) is 2. The van der Waals surface area contributed by atoms with Gasteiger partial charge >= 0.3 is 0 Å². The van der Waals surface area contributed by atoms with Crippen molar-refractivity contribution < 1.29 is 39.5 Å². The third-order valence-electron chi connectivity index (χ3n) is 10.3. The van der Waals surface area contributed by atoms with Gasteiger partial charge in [-0.25, -0.2) is 0 Å². The average molecular weight is 767 g/mol. The van der Waals surface area contributed by atoms with Gasteiger partial charge in [-0.1, -0.05) is 84.9 Å². The number of aromatic hydroxyl groups is 4. The zero-order valence-corrected chi connectivity index (χ0v) is 31.2. The number of benzene rings is 6. The second-order valence-electron chi connectivity index (χ2n) is 14.1. The minimum atomic E-state index is -0.410. The standard InChI is InChI=1S/2C24H17NO4/c2*1-25-13-15(10-21-24(28)23-19(27)11-16(26)12-20(23)29-21)22-17(8-5-9-18(22)25)14-6-3-2-4-7-14/h2*2-13,26-27H,1H3/b21-10+;21-10-. The summed E-state index contributed by atoms with van der Waals surface area (Å²) in [6.45, 7) is 0. The monoisotopic (exact) mass is 766 g/mol. The predicted octanol–water partition coefficient (Wildman–Crippen LogP) is 9.75. The van der Waals surface area contributed by atoms with Crippen LogP contribution in [0.15, 0.2) is 145 Å². The highest BCUT2D eigenvalue weighted by atomic mass is 16.5. The zero-order valence-electron chi connectivity index (χ0n) is 31.2. The molecule has 0 saturated heterocycles. The number of phenolic OH excluding ortho intramolecular Hbond substituents is 4. The van der Waals surface area contributed by atoms with Gasteiger partial charge in [0.2, 0.25) is 11.6 Å². The number of carbonyl (C=O) groups excluding carboxylic acids is 2. The Morgan fingerprint density at radius 1 is 0.500 bits per heavy atom. The maximum Gasteiger partial charge on any atom is 0.235 e. The molecule has 4 heterocycles. The van der Waals surface area contributed by atoms with E-state index in [1.807, 2.05) is 121 Å². The largest absolute Gasteiger partial charge is 0.508 e. The molecule has 10 heteroatoms. The Kier molecular flexibility index (Phi) is 8.59. The normalized spacial score (nSPS) is 14.4. The van der Waals surface area contributed by atoms with Gasteiger partial charge in [-0.3, -0.25) is 9.59 Å². The smallest absolute Gasteiger partial charge is 0.235 e. The summed E-state index contributed by atoms with van der Waals surface area (Å²) in [6, 6.07) is 37.2. The van der Waals surface area contributed by atoms with Gasteiger partial charge in [0.25, 0.3) is 0 Å². The molecule has 0 unspecified atom stereocenters. The van der Waals surface area contributed by atoms with Crippen LogP contribution in [0, 0.1) is 0 Å². The number of fused-ring (bicyclic) bond motifs is 4. The number of ketones is 2. The molecule has 2 aliphatic rings. The van der Waals surface area contributed by atoms with Crippen LogP contribution in [-0.4, -0.2) is 41.1 Å². The molecule has 4 N–H and O–H groups in total. The molecule has 10 rings (SSSR count). The lowest BCUT2D eigenvalue weighted by molar-refractivity contribution is 0.100. The molecule has 0 spiro atoms. The Hall–Kier alpha value is -7.98. The quantitative estimate of drug-likeness (QED) is 0.130. The first-order chi connectivity index (χ1) is 28.0. The van der Waals surface area contributed by atoms with E-state index in [1.165, 1.54) is 12.1 Å². The molecular weight excluding hydrogens is 733 g/mol. The third-order valence-corrected chi connectivity index (χ3v) is 10.3. The van der Waals surface area contributed by atoms with Crippen LogP contribution in [0.3, 0.4) is 0 Å². The maximum absolute atomic E-state index is 12.8. The molecular formula is C48H34N2O8. The summed E-state index contributed by atoms with van der Waals surface area (Å²) in [4.78, 5) is 25.6. The molecule has 2 aromatic heterocycles. The minimum Gasteiger partial charge on any atom is -0.508 e. The summed E-state index contributed by atoms with van der Waals surface area (Å²) in [5, 5.41) is 41.4. The fourth-order valence-corrected chi connectivity index (χ4v) is 7.73. The fraction of sp³-hybridized carbons (Fsp3) is 0.0417. The van der Waals surface area contributed by atoms with Crippen molar-refractivity contribution in [3.05, 3.63) is 167 Å². The lowest BCUT2D eigenvalue weighted by Crippen LogP contribution is -1.98. The highest BCUT2D eigenvalue weighted by Gasteiger charge is 2.33. The van der Waals surface area contributed by atoms with E-state index in [-0.39, 0.29) is 57.1 Å². The van der Waals surface area contributed by atoms with Gasteiger partial charge < -0.3 is 39.0 Å². The second kappa shape index (κ2) is 13.9. The van der Waals surface area contributed by atoms with Crippen LogP contribution in [0.5, 0.6) is 34.5 Å². The summed E-state index contributed by atoms with van der Waals surface area (Å²) >= 11 is 0. The van der Waals surface area contributed by atoms with Crippen LogP contribution in [-0.2, 0) is 14.1 Å². The van der Waals surface area contributed by atoms with Crippen molar-refractivity contribution in [2.24, 2.45) is 14.1 Å². The number of hydrogen-bond donors (Lipinski definition) is 4. The van der Waals surface area contributed by atoms with Gasteiger partial charge in [-0.2, -0.15) is 0 Å². The van der Waals surface area contributed by atoms with Crippen LogP contribution >= 0.6 is 0 Å². The number of phenols is 4. The van der Waals surface area contributed by atoms with E-state index >= 15 is 0 Å². The van der Waals surface area contributed by atoms with Crippen molar-refractivity contribution in [2.75, 3.05) is 0 Å². The molecule has 6 aromatic carbocycles. The number of Topliss-reactive ketones (excluding diaryl/α,β-unsaturated/α-hetero) is 2. The lowest BCUT2D eigenvalue weighted by atomic mass is 9.98. The highest BCUT2D eigenvalue weighted by Crippen LogP contribution is 2.43. The summed E-state index contributed by atoms with van der Waals surface area (Å²) in [5.74, 6) is -1.21. The number of rotatable bonds is 4. The molecule has 0 atom stereocenters. The van der Waals surface area contributed by atoms with Crippen LogP contribution in [0.1, 0.15) is 31.8 Å². The Bertz CT molecular complexity index is 2840. The van der Waals surface area contributed by atoms with Gasteiger partial charge in [0.05, 0.1) is 0 Å². The van der Waals surface area contributed by atoms with E-state index < -0.39 is 11.6 Å². The van der Waals surface area contributed by atoms with Crippen molar-refractivity contribution >= 4 is 45.5 Å². The summed E-state index contributed by atoms with van der Waals surface area (Å²) < 4.78 is 15.3. The zero-order chi connectivity index (χ0) is 40.2. The number of aromatic nitrogens is 2. The Labute approximate surface area is 331 Å². The molecule has 0 radical (unpaired) electrons. The molecule has 284 valence electrons. The van der Waals surface area contributed by atoms with Crippen LogP contribution in [0.2, 0.25) is 0 Å². The van der Waals surface area contributed by atoms with Crippen molar-refractivity contribution in [1.29, 1.82) is 0 Å². The van der Waals surface area contributed by atoms with Crippen LogP contribution < -0.4 is 9.47 Å². The highest BCUT2D eigenvalue weighted by molar-refractivity contribution is 6.18.